The Kier molecular flexibility index (Phi) is 8.07. The molecule has 1 aliphatic carbocycles. The average molecular weight is 383 g/mol. The van der Waals surface area contributed by atoms with E-state index in [-0.39, 0.29) is 30.4 Å². The van der Waals surface area contributed by atoms with Gasteiger partial charge >= 0.3 is 5.97 Å². The van der Waals surface area contributed by atoms with Crippen LogP contribution in [0.15, 0.2) is 0 Å². The van der Waals surface area contributed by atoms with Crippen molar-refractivity contribution < 1.29 is 24.2 Å². The number of carboxylic acid groups (broad SMARTS) is 1. The molecule has 2 rings (SSSR count). The van der Waals surface area contributed by atoms with E-state index in [0.717, 1.165) is 19.3 Å². The topological polar surface area (TPSA) is 87.2 Å². The first-order valence-electron chi connectivity index (χ1n) is 10.2. The molecule has 27 heavy (non-hydrogen) atoms. The van der Waals surface area contributed by atoms with E-state index in [1.54, 1.807) is 11.9 Å². The van der Waals surface area contributed by atoms with Gasteiger partial charge in [0.1, 0.15) is 6.10 Å². The monoisotopic (exact) mass is 382 g/mol. The number of likely N-dealkylation sites (tertiary alicyclic amines) is 1. The van der Waals surface area contributed by atoms with Gasteiger partial charge in [0.05, 0.1) is 18.6 Å². The highest BCUT2D eigenvalue weighted by molar-refractivity contribution is 5.87. The van der Waals surface area contributed by atoms with Crippen molar-refractivity contribution in [3.8, 4) is 0 Å². The SMILES string of the molecule is CCC(OC1CCCC(C)C1)C(=O)N(C)CC(=O)N1CCC(C(=O)O)CC1. The minimum Gasteiger partial charge on any atom is -0.481 e. The third-order valence-corrected chi connectivity index (χ3v) is 5.84. The molecule has 0 radical (unpaired) electrons. The van der Waals surface area contributed by atoms with Crippen LogP contribution in [0.3, 0.4) is 0 Å². The molecule has 0 aromatic heterocycles. The molecule has 0 spiro atoms. The molecule has 154 valence electrons. The van der Waals surface area contributed by atoms with E-state index < -0.39 is 12.1 Å². The molecular weight excluding hydrogens is 348 g/mol. The van der Waals surface area contributed by atoms with Crippen LogP contribution in [-0.2, 0) is 19.1 Å². The Balaban J connectivity index is 1.82. The summed E-state index contributed by atoms with van der Waals surface area (Å²) in [6.45, 7) is 5.03. The van der Waals surface area contributed by atoms with Crippen molar-refractivity contribution in [2.24, 2.45) is 11.8 Å². The van der Waals surface area contributed by atoms with Crippen LogP contribution in [0.25, 0.3) is 0 Å². The Hall–Kier alpha value is -1.63. The van der Waals surface area contributed by atoms with E-state index in [1.165, 1.54) is 11.3 Å². The van der Waals surface area contributed by atoms with Crippen LogP contribution in [0, 0.1) is 11.8 Å². The second-order valence-electron chi connectivity index (χ2n) is 8.11. The summed E-state index contributed by atoms with van der Waals surface area (Å²) in [5, 5.41) is 9.05. The Morgan fingerprint density at radius 2 is 1.85 bits per heavy atom. The number of hydrogen-bond donors (Lipinski definition) is 1. The van der Waals surface area contributed by atoms with Gasteiger partial charge in [0, 0.05) is 20.1 Å². The van der Waals surface area contributed by atoms with Gasteiger partial charge in [-0.3, -0.25) is 14.4 Å². The number of amides is 2. The number of ether oxygens (including phenoxy) is 1. The van der Waals surface area contributed by atoms with Crippen LogP contribution >= 0.6 is 0 Å². The van der Waals surface area contributed by atoms with Crippen molar-refractivity contribution in [2.45, 2.75) is 71.0 Å². The van der Waals surface area contributed by atoms with E-state index in [0.29, 0.717) is 38.3 Å². The van der Waals surface area contributed by atoms with Gasteiger partial charge in [0.2, 0.25) is 5.91 Å². The summed E-state index contributed by atoms with van der Waals surface area (Å²) in [6, 6.07) is 0. The Bertz CT molecular complexity index is 530. The molecule has 3 atom stereocenters. The van der Waals surface area contributed by atoms with E-state index >= 15 is 0 Å². The smallest absolute Gasteiger partial charge is 0.306 e. The van der Waals surface area contributed by atoms with Crippen LogP contribution < -0.4 is 0 Å². The zero-order valence-electron chi connectivity index (χ0n) is 16.9. The van der Waals surface area contributed by atoms with E-state index in [9.17, 15) is 14.4 Å². The molecule has 1 saturated carbocycles. The molecule has 0 aromatic rings. The molecule has 2 amide bonds. The van der Waals surface area contributed by atoms with E-state index in [1.807, 2.05) is 6.92 Å². The fourth-order valence-corrected chi connectivity index (χ4v) is 4.07. The lowest BCUT2D eigenvalue weighted by molar-refractivity contribution is -0.152. The fourth-order valence-electron chi connectivity index (χ4n) is 4.07. The summed E-state index contributed by atoms with van der Waals surface area (Å²) in [7, 11) is 1.64. The minimum atomic E-state index is -0.797. The lowest BCUT2D eigenvalue weighted by Gasteiger charge is -2.33. The van der Waals surface area contributed by atoms with Gasteiger partial charge in [-0.25, -0.2) is 0 Å². The van der Waals surface area contributed by atoms with Crippen LogP contribution in [0.2, 0.25) is 0 Å². The van der Waals surface area contributed by atoms with Crippen LogP contribution in [0.1, 0.15) is 58.8 Å². The van der Waals surface area contributed by atoms with Crippen molar-refractivity contribution in [2.75, 3.05) is 26.7 Å². The van der Waals surface area contributed by atoms with Crippen LogP contribution in [0.4, 0.5) is 0 Å². The molecule has 7 nitrogen and oxygen atoms in total. The predicted octanol–water partition coefficient (Wildman–Crippen LogP) is 2.14. The molecule has 1 aliphatic heterocycles. The van der Waals surface area contributed by atoms with Crippen LogP contribution in [0.5, 0.6) is 0 Å². The molecule has 2 aliphatic rings. The molecule has 0 bridgehead atoms. The fraction of sp³-hybridized carbons (Fsp3) is 0.850. The van der Waals surface area contributed by atoms with Crippen molar-refractivity contribution in [1.29, 1.82) is 0 Å². The molecule has 3 unspecified atom stereocenters. The lowest BCUT2D eigenvalue weighted by atomic mass is 9.88. The summed E-state index contributed by atoms with van der Waals surface area (Å²) in [4.78, 5) is 39.3. The van der Waals surface area contributed by atoms with Crippen LogP contribution in [-0.4, -0.2) is 71.6 Å². The predicted molar refractivity (Wildman–Crippen MR) is 101 cm³/mol. The third-order valence-electron chi connectivity index (χ3n) is 5.84. The number of likely N-dealkylation sites (N-methyl/N-ethyl adjacent to an activating group) is 1. The molecular formula is C20H34N2O5. The third kappa shape index (κ3) is 6.19. The van der Waals surface area contributed by atoms with Gasteiger partial charge in [-0.05, 0) is 38.0 Å². The van der Waals surface area contributed by atoms with E-state index in [2.05, 4.69) is 6.92 Å². The Morgan fingerprint density at radius 1 is 1.19 bits per heavy atom. The average Bonchev–Trinajstić information content (AvgIpc) is 2.65. The molecule has 1 heterocycles. The second-order valence-corrected chi connectivity index (χ2v) is 8.11. The highest BCUT2D eigenvalue weighted by Crippen LogP contribution is 2.27. The normalized spacial score (nSPS) is 25.1. The number of hydrogen-bond acceptors (Lipinski definition) is 4. The van der Waals surface area contributed by atoms with Crippen molar-refractivity contribution in [3.05, 3.63) is 0 Å². The zero-order valence-corrected chi connectivity index (χ0v) is 16.9. The maximum Gasteiger partial charge on any atom is 0.306 e. The summed E-state index contributed by atoms with van der Waals surface area (Å²) in [6.07, 6.45) is 5.50. The summed E-state index contributed by atoms with van der Waals surface area (Å²) in [5.41, 5.74) is 0. The lowest BCUT2D eigenvalue weighted by Crippen LogP contribution is -2.48. The second kappa shape index (κ2) is 10.1. The van der Waals surface area contributed by atoms with Gasteiger partial charge in [-0.2, -0.15) is 0 Å². The van der Waals surface area contributed by atoms with Crippen molar-refractivity contribution in [1.82, 2.24) is 9.80 Å². The number of nitrogens with zero attached hydrogens (tertiary/aromatic N) is 2. The Labute approximate surface area is 162 Å². The minimum absolute atomic E-state index is 0.0114. The van der Waals surface area contributed by atoms with Gasteiger partial charge < -0.3 is 19.6 Å². The molecule has 1 saturated heterocycles. The highest BCUT2D eigenvalue weighted by atomic mass is 16.5. The maximum absolute atomic E-state index is 12.7. The molecule has 1 N–H and O–H groups in total. The molecule has 2 fully saturated rings. The molecule has 0 aromatic carbocycles. The first-order valence-corrected chi connectivity index (χ1v) is 10.2. The van der Waals surface area contributed by atoms with Gasteiger partial charge in [-0.1, -0.05) is 26.7 Å². The number of carboxylic acids is 1. The standard InChI is InChI=1S/C20H34N2O5/c1-4-17(27-16-7-5-6-14(2)12-16)19(24)21(3)13-18(23)22-10-8-15(9-11-22)20(25)26/h14-17H,4-13H2,1-3H3,(H,25,26). The number of carbonyl (C=O) groups excluding carboxylic acids is 2. The summed E-state index contributed by atoms with van der Waals surface area (Å²) in [5.74, 6) is -0.816. The first-order chi connectivity index (χ1) is 12.8. The highest BCUT2D eigenvalue weighted by Gasteiger charge is 2.31. The molecule has 7 heteroatoms. The number of carbonyl (C=O) groups is 3. The summed E-state index contributed by atoms with van der Waals surface area (Å²) < 4.78 is 6.08. The quantitative estimate of drug-likeness (QED) is 0.729. The van der Waals surface area contributed by atoms with Crippen molar-refractivity contribution in [3.63, 3.8) is 0 Å². The van der Waals surface area contributed by atoms with Gasteiger partial charge in [0.15, 0.2) is 0 Å². The number of piperidine rings is 1. The number of rotatable bonds is 7. The van der Waals surface area contributed by atoms with E-state index in [4.69, 9.17) is 9.84 Å². The summed E-state index contributed by atoms with van der Waals surface area (Å²) >= 11 is 0. The largest absolute Gasteiger partial charge is 0.481 e. The zero-order chi connectivity index (χ0) is 20.0. The Morgan fingerprint density at radius 3 is 2.41 bits per heavy atom. The maximum atomic E-state index is 12.7. The first kappa shape index (κ1) is 21.7. The van der Waals surface area contributed by atoms with Gasteiger partial charge in [0.25, 0.3) is 5.91 Å². The number of aliphatic carboxylic acids is 1. The van der Waals surface area contributed by atoms with Crippen molar-refractivity contribution >= 4 is 17.8 Å². The van der Waals surface area contributed by atoms with Gasteiger partial charge in [-0.15, -0.1) is 0 Å².